The maximum absolute atomic E-state index is 12.9. The number of carbonyl (C=O) groups excluding carboxylic acids is 2. The highest BCUT2D eigenvalue weighted by Gasteiger charge is 2.34. The van der Waals surface area contributed by atoms with Crippen LogP contribution >= 0.6 is 22.9 Å². The first-order valence-electron chi connectivity index (χ1n) is 10.6. The van der Waals surface area contributed by atoms with Crippen molar-refractivity contribution in [2.75, 3.05) is 36.2 Å². The number of likely N-dealkylation sites (tertiary alicyclic amines) is 1. The average Bonchev–Trinajstić information content (AvgIpc) is 3.46. The SMILES string of the molecule is Cc1ccc(NC(=O)N2CCCC2C(=O)Nc2nnc(-c3ccc(N(C)C)cc3)s2)cc1Cl. The summed E-state index contributed by atoms with van der Waals surface area (Å²) in [5, 5.41) is 15.7. The number of amides is 3. The monoisotopic (exact) mass is 484 g/mol. The number of anilines is 3. The predicted molar refractivity (Wildman–Crippen MR) is 133 cm³/mol. The van der Waals surface area contributed by atoms with E-state index in [1.165, 1.54) is 11.3 Å². The van der Waals surface area contributed by atoms with Crippen molar-refractivity contribution in [3.8, 4) is 10.6 Å². The molecule has 1 aromatic heterocycles. The first-order chi connectivity index (χ1) is 15.8. The van der Waals surface area contributed by atoms with Crippen LogP contribution < -0.4 is 15.5 Å². The zero-order valence-electron chi connectivity index (χ0n) is 18.6. The number of halogens is 1. The highest BCUT2D eigenvalue weighted by molar-refractivity contribution is 7.18. The number of nitrogens with one attached hydrogen (secondary N) is 2. The summed E-state index contributed by atoms with van der Waals surface area (Å²) in [6, 6.07) is 12.4. The van der Waals surface area contributed by atoms with Crippen LogP contribution in [0.4, 0.5) is 21.3 Å². The smallest absolute Gasteiger partial charge is 0.322 e. The fraction of sp³-hybridized carbons (Fsp3) is 0.304. The molecular weight excluding hydrogens is 460 g/mol. The van der Waals surface area contributed by atoms with Gasteiger partial charge in [0.1, 0.15) is 11.0 Å². The molecule has 0 spiro atoms. The van der Waals surface area contributed by atoms with Crippen molar-refractivity contribution < 1.29 is 9.59 Å². The number of hydrogen-bond acceptors (Lipinski definition) is 6. The predicted octanol–water partition coefficient (Wildman–Crippen LogP) is 4.87. The molecule has 1 unspecified atom stereocenters. The number of carbonyl (C=O) groups is 2. The highest BCUT2D eigenvalue weighted by atomic mass is 35.5. The molecule has 2 aromatic carbocycles. The summed E-state index contributed by atoms with van der Waals surface area (Å²) in [4.78, 5) is 29.3. The number of benzene rings is 2. The summed E-state index contributed by atoms with van der Waals surface area (Å²) in [6.07, 6.45) is 1.34. The zero-order chi connectivity index (χ0) is 23.5. The quantitative estimate of drug-likeness (QED) is 0.539. The summed E-state index contributed by atoms with van der Waals surface area (Å²) in [5.41, 5.74) is 3.54. The van der Waals surface area contributed by atoms with Gasteiger partial charge in [0.15, 0.2) is 0 Å². The maximum atomic E-state index is 12.9. The zero-order valence-corrected chi connectivity index (χ0v) is 20.2. The highest BCUT2D eigenvalue weighted by Crippen LogP contribution is 2.29. The van der Waals surface area contributed by atoms with Gasteiger partial charge in [-0.05, 0) is 61.7 Å². The van der Waals surface area contributed by atoms with Gasteiger partial charge in [0.25, 0.3) is 0 Å². The number of rotatable bonds is 5. The molecule has 33 heavy (non-hydrogen) atoms. The van der Waals surface area contributed by atoms with Crippen LogP contribution in [0.5, 0.6) is 0 Å². The molecule has 1 aliphatic rings. The van der Waals surface area contributed by atoms with E-state index in [0.717, 1.165) is 23.2 Å². The first kappa shape index (κ1) is 23.0. The number of nitrogens with zero attached hydrogens (tertiary/aromatic N) is 4. The Labute approximate surface area is 201 Å². The molecule has 0 bridgehead atoms. The fourth-order valence-corrected chi connectivity index (χ4v) is 4.56. The van der Waals surface area contributed by atoms with Gasteiger partial charge in [0, 0.05) is 42.6 Å². The Morgan fingerprint density at radius 3 is 2.58 bits per heavy atom. The normalized spacial score (nSPS) is 15.4. The van der Waals surface area contributed by atoms with Crippen molar-refractivity contribution in [2.45, 2.75) is 25.8 Å². The van der Waals surface area contributed by atoms with Crippen molar-refractivity contribution in [1.29, 1.82) is 0 Å². The van der Waals surface area contributed by atoms with Crippen LogP contribution in [-0.4, -0.2) is 53.7 Å². The van der Waals surface area contributed by atoms with Crippen molar-refractivity contribution >= 4 is 51.4 Å². The number of urea groups is 1. The Hall–Kier alpha value is -3.17. The summed E-state index contributed by atoms with van der Waals surface area (Å²) < 4.78 is 0. The largest absolute Gasteiger partial charge is 0.378 e. The van der Waals surface area contributed by atoms with Gasteiger partial charge >= 0.3 is 6.03 Å². The van der Waals surface area contributed by atoms with E-state index in [2.05, 4.69) is 20.8 Å². The van der Waals surface area contributed by atoms with Gasteiger partial charge in [-0.3, -0.25) is 10.1 Å². The molecule has 2 heterocycles. The van der Waals surface area contributed by atoms with E-state index in [0.29, 0.717) is 33.8 Å². The Morgan fingerprint density at radius 2 is 1.88 bits per heavy atom. The minimum Gasteiger partial charge on any atom is -0.378 e. The maximum Gasteiger partial charge on any atom is 0.322 e. The Bertz CT molecular complexity index is 1160. The molecule has 8 nitrogen and oxygen atoms in total. The molecule has 3 aromatic rings. The van der Waals surface area contributed by atoms with Crippen molar-refractivity contribution in [3.05, 3.63) is 53.1 Å². The Kier molecular flexibility index (Phi) is 6.80. The van der Waals surface area contributed by atoms with E-state index in [4.69, 9.17) is 11.6 Å². The van der Waals surface area contributed by atoms with Crippen LogP contribution in [0.3, 0.4) is 0 Å². The van der Waals surface area contributed by atoms with E-state index < -0.39 is 6.04 Å². The van der Waals surface area contributed by atoms with Crippen LogP contribution in [0.15, 0.2) is 42.5 Å². The first-order valence-corrected chi connectivity index (χ1v) is 11.8. The summed E-state index contributed by atoms with van der Waals surface area (Å²) in [7, 11) is 3.96. The average molecular weight is 485 g/mol. The van der Waals surface area contributed by atoms with E-state index in [1.54, 1.807) is 17.0 Å². The minimum atomic E-state index is -0.572. The lowest BCUT2D eigenvalue weighted by Gasteiger charge is -2.24. The molecular formula is C23H25ClN6O2S. The molecule has 0 saturated carbocycles. The molecule has 172 valence electrons. The van der Waals surface area contributed by atoms with E-state index in [1.807, 2.05) is 56.3 Å². The molecule has 2 N–H and O–H groups in total. The minimum absolute atomic E-state index is 0.268. The second kappa shape index (κ2) is 9.76. The van der Waals surface area contributed by atoms with Gasteiger partial charge in [0.05, 0.1) is 0 Å². The molecule has 1 fully saturated rings. The third kappa shape index (κ3) is 5.26. The second-order valence-corrected chi connectivity index (χ2v) is 9.47. The third-order valence-corrected chi connectivity index (χ3v) is 6.82. The van der Waals surface area contributed by atoms with Gasteiger partial charge in [0.2, 0.25) is 11.0 Å². The van der Waals surface area contributed by atoms with Gasteiger partial charge in [-0.1, -0.05) is 29.0 Å². The Balaban J connectivity index is 1.40. The van der Waals surface area contributed by atoms with Gasteiger partial charge < -0.3 is 15.1 Å². The molecule has 3 amide bonds. The molecule has 1 saturated heterocycles. The molecule has 1 aliphatic heterocycles. The summed E-state index contributed by atoms with van der Waals surface area (Å²) in [5.74, 6) is -0.268. The van der Waals surface area contributed by atoms with Gasteiger partial charge in [-0.15, -0.1) is 10.2 Å². The summed E-state index contributed by atoms with van der Waals surface area (Å²) in [6.45, 7) is 2.40. The van der Waals surface area contributed by atoms with Crippen molar-refractivity contribution in [2.24, 2.45) is 0 Å². The summed E-state index contributed by atoms with van der Waals surface area (Å²) >= 11 is 7.45. The van der Waals surface area contributed by atoms with E-state index in [-0.39, 0.29) is 11.9 Å². The molecule has 0 radical (unpaired) electrons. The Morgan fingerprint density at radius 1 is 1.12 bits per heavy atom. The van der Waals surface area contributed by atoms with Crippen molar-refractivity contribution in [1.82, 2.24) is 15.1 Å². The lowest BCUT2D eigenvalue weighted by Crippen LogP contribution is -2.45. The number of aromatic nitrogens is 2. The topological polar surface area (TPSA) is 90.5 Å². The fourth-order valence-electron chi connectivity index (χ4n) is 3.63. The van der Waals surface area contributed by atoms with Gasteiger partial charge in [-0.2, -0.15) is 0 Å². The van der Waals surface area contributed by atoms with Crippen molar-refractivity contribution in [3.63, 3.8) is 0 Å². The molecule has 0 aliphatic carbocycles. The lowest BCUT2D eigenvalue weighted by molar-refractivity contribution is -0.119. The van der Waals surface area contributed by atoms with Crippen LogP contribution in [0.2, 0.25) is 5.02 Å². The standard InChI is InChI=1S/C23H25ClN6O2S/c1-14-6-9-16(13-18(14)24)25-23(32)30-12-4-5-19(30)20(31)26-22-28-27-21(33-22)15-7-10-17(11-8-15)29(2)3/h6-11,13,19H,4-5,12H2,1-3H3,(H,25,32)(H,26,28,31). The number of hydrogen-bond donors (Lipinski definition) is 2. The molecule has 4 rings (SSSR count). The van der Waals surface area contributed by atoms with Crippen LogP contribution in [0.25, 0.3) is 10.6 Å². The van der Waals surface area contributed by atoms with Crippen LogP contribution in [0, 0.1) is 6.92 Å². The number of aryl methyl sites for hydroxylation is 1. The second-order valence-electron chi connectivity index (χ2n) is 8.09. The molecule has 1 atom stereocenters. The van der Waals surface area contributed by atoms with Gasteiger partial charge in [-0.25, -0.2) is 4.79 Å². The van der Waals surface area contributed by atoms with E-state index in [9.17, 15) is 9.59 Å². The third-order valence-electron chi connectivity index (χ3n) is 5.53. The van der Waals surface area contributed by atoms with Crippen LogP contribution in [0.1, 0.15) is 18.4 Å². The molecule has 10 heteroatoms. The lowest BCUT2D eigenvalue weighted by atomic mass is 10.2. The van der Waals surface area contributed by atoms with Crippen LogP contribution in [-0.2, 0) is 4.79 Å². The van der Waals surface area contributed by atoms with E-state index >= 15 is 0 Å².